The Labute approximate surface area is 95.7 Å². The van der Waals surface area contributed by atoms with Gasteiger partial charge in [0.25, 0.3) is 0 Å². The maximum atomic E-state index is 4.38. The predicted molar refractivity (Wildman–Crippen MR) is 66.9 cm³/mol. The third kappa shape index (κ3) is 2.34. The van der Waals surface area contributed by atoms with Crippen LogP contribution in [0.1, 0.15) is 18.1 Å². The fourth-order valence-corrected chi connectivity index (χ4v) is 1.47. The lowest BCUT2D eigenvalue weighted by Crippen LogP contribution is -1.87. The minimum atomic E-state index is 0.910. The maximum Gasteiger partial charge on any atom is 0.0886 e. The lowest BCUT2D eigenvalue weighted by Gasteiger charge is -2.00. The fraction of sp³-hybridized carbons (Fsp3) is 0.143. The van der Waals surface area contributed by atoms with E-state index in [-0.39, 0.29) is 0 Å². The highest BCUT2D eigenvalue weighted by atomic mass is 14.8. The molecule has 0 spiro atoms. The van der Waals surface area contributed by atoms with Crippen molar-refractivity contribution in [2.24, 2.45) is 0 Å². The average Bonchev–Trinajstić information content (AvgIpc) is 2.32. The smallest absolute Gasteiger partial charge is 0.0886 e. The summed E-state index contributed by atoms with van der Waals surface area (Å²) in [4.78, 5) is 8.73. The van der Waals surface area contributed by atoms with Crippen molar-refractivity contribution >= 4 is 6.08 Å². The largest absolute Gasteiger partial charge is 0.254 e. The summed E-state index contributed by atoms with van der Waals surface area (Å²) in [5.74, 6) is 0. The number of aryl methyl sites for hydroxylation is 1. The van der Waals surface area contributed by atoms with Gasteiger partial charge in [0.1, 0.15) is 0 Å². The molecular formula is C14H14N2. The number of allylic oxidation sites excluding steroid dienone is 1. The van der Waals surface area contributed by atoms with E-state index in [1.165, 1.54) is 0 Å². The molecule has 0 N–H and O–H groups in total. The van der Waals surface area contributed by atoms with Crippen LogP contribution in [0.2, 0.25) is 0 Å². The lowest BCUT2D eigenvalue weighted by molar-refractivity contribution is 1.22. The van der Waals surface area contributed by atoms with Crippen LogP contribution in [0, 0.1) is 6.92 Å². The Morgan fingerprint density at radius 3 is 2.12 bits per heavy atom. The Bertz CT molecular complexity index is 481. The minimum Gasteiger partial charge on any atom is -0.254 e. The van der Waals surface area contributed by atoms with Gasteiger partial charge in [-0.25, -0.2) is 0 Å². The molecule has 2 aromatic heterocycles. The predicted octanol–water partition coefficient (Wildman–Crippen LogP) is 3.49. The van der Waals surface area contributed by atoms with E-state index >= 15 is 0 Å². The zero-order valence-electron chi connectivity index (χ0n) is 9.51. The van der Waals surface area contributed by atoms with E-state index in [0.717, 1.165) is 22.5 Å². The monoisotopic (exact) mass is 210 g/mol. The van der Waals surface area contributed by atoms with Gasteiger partial charge < -0.3 is 0 Å². The molecule has 0 aromatic carbocycles. The molecule has 2 nitrogen and oxygen atoms in total. The van der Waals surface area contributed by atoms with Gasteiger partial charge in [0, 0.05) is 12.4 Å². The number of rotatable bonds is 2. The summed E-state index contributed by atoms with van der Waals surface area (Å²) in [7, 11) is 0. The van der Waals surface area contributed by atoms with Gasteiger partial charge in [0.05, 0.1) is 11.4 Å². The van der Waals surface area contributed by atoms with Crippen molar-refractivity contribution in [2.45, 2.75) is 13.8 Å². The number of nitrogens with zero attached hydrogens (tertiary/aromatic N) is 2. The molecule has 0 aliphatic carbocycles. The first kappa shape index (κ1) is 10.6. The Kier molecular flexibility index (Phi) is 3.10. The van der Waals surface area contributed by atoms with Crippen LogP contribution < -0.4 is 0 Å². The van der Waals surface area contributed by atoms with Crippen molar-refractivity contribution in [1.82, 2.24) is 9.97 Å². The Balaban J connectivity index is 2.31. The highest BCUT2D eigenvalue weighted by Gasteiger charge is 1.99. The summed E-state index contributed by atoms with van der Waals surface area (Å²) in [5, 5.41) is 0. The number of hydrogen-bond acceptors (Lipinski definition) is 2. The van der Waals surface area contributed by atoms with Gasteiger partial charge in [-0.2, -0.15) is 0 Å². The van der Waals surface area contributed by atoms with Crippen LogP contribution in [-0.4, -0.2) is 9.97 Å². The highest BCUT2D eigenvalue weighted by Crippen LogP contribution is 2.14. The van der Waals surface area contributed by atoms with Gasteiger partial charge in [-0.05, 0) is 37.1 Å². The van der Waals surface area contributed by atoms with Gasteiger partial charge >= 0.3 is 0 Å². The first-order valence-corrected chi connectivity index (χ1v) is 5.31. The summed E-state index contributed by atoms with van der Waals surface area (Å²) < 4.78 is 0. The molecule has 0 unspecified atom stereocenters. The average molecular weight is 210 g/mol. The molecule has 80 valence electrons. The molecule has 0 bridgehead atoms. The van der Waals surface area contributed by atoms with Crippen LogP contribution in [0.5, 0.6) is 0 Å². The zero-order chi connectivity index (χ0) is 11.4. The molecule has 0 atom stereocenters. The minimum absolute atomic E-state index is 0.910. The Morgan fingerprint density at radius 2 is 1.62 bits per heavy atom. The Morgan fingerprint density at radius 1 is 0.938 bits per heavy atom. The third-order valence-corrected chi connectivity index (χ3v) is 2.32. The quantitative estimate of drug-likeness (QED) is 0.758. The van der Waals surface area contributed by atoms with Gasteiger partial charge in [0.2, 0.25) is 0 Å². The molecule has 0 aliphatic heterocycles. The van der Waals surface area contributed by atoms with Crippen LogP contribution in [0.3, 0.4) is 0 Å². The topological polar surface area (TPSA) is 25.8 Å². The number of aromatic nitrogens is 2. The van der Waals surface area contributed by atoms with Crippen molar-refractivity contribution in [3.8, 4) is 11.4 Å². The summed E-state index contributed by atoms with van der Waals surface area (Å²) in [6.45, 7) is 4.02. The van der Waals surface area contributed by atoms with E-state index in [2.05, 4.69) is 9.97 Å². The van der Waals surface area contributed by atoms with Gasteiger partial charge in [-0.15, -0.1) is 0 Å². The molecule has 2 aromatic rings. The van der Waals surface area contributed by atoms with Gasteiger partial charge in [-0.3, -0.25) is 9.97 Å². The van der Waals surface area contributed by atoms with E-state index < -0.39 is 0 Å². The third-order valence-electron chi connectivity index (χ3n) is 2.32. The van der Waals surface area contributed by atoms with Crippen molar-refractivity contribution in [3.63, 3.8) is 0 Å². The zero-order valence-corrected chi connectivity index (χ0v) is 9.51. The molecule has 2 heteroatoms. The van der Waals surface area contributed by atoms with Crippen molar-refractivity contribution in [1.29, 1.82) is 0 Å². The molecule has 16 heavy (non-hydrogen) atoms. The van der Waals surface area contributed by atoms with Crippen molar-refractivity contribution < 1.29 is 0 Å². The molecular weight excluding hydrogens is 196 g/mol. The van der Waals surface area contributed by atoms with E-state index in [1.54, 1.807) is 0 Å². The molecule has 0 saturated heterocycles. The maximum absolute atomic E-state index is 4.38. The summed E-state index contributed by atoms with van der Waals surface area (Å²) in [6.07, 6.45) is 7.74. The van der Waals surface area contributed by atoms with Crippen LogP contribution in [0.4, 0.5) is 0 Å². The second-order valence-corrected chi connectivity index (χ2v) is 3.70. The normalized spacial score (nSPS) is 10.9. The van der Waals surface area contributed by atoms with Crippen LogP contribution in [0.25, 0.3) is 17.5 Å². The first-order chi connectivity index (χ1) is 7.79. The summed E-state index contributed by atoms with van der Waals surface area (Å²) in [6, 6.07) is 8.08. The van der Waals surface area contributed by atoms with Crippen molar-refractivity contribution in [2.75, 3.05) is 0 Å². The molecule has 0 radical (unpaired) electrons. The van der Waals surface area contributed by atoms with E-state index in [4.69, 9.17) is 0 Å². The van der Waals surface area contributed by atoms with E-state index in [1.807, 2.05) is 62.7 Å². The van der Waals surface area contributed by atoms with Gasteiger partial charge in [-0.1, -0.05) is 24.3 Å². The number of hydrogen-bond donors (Lipinski definition) is 0. The molecule has 0 saturated carbocycles. The highest BCUT2D eigenvalue weighted by molar-refractivity contribution is 5.57. The second kappa shape index (κ2) is 4.71. The molecule has 2 rings (SSSR count). The molecule has 0 fully saturated rings. The van der Waals surface area contributed by atoms with Crippen molar-refractivity contribution in [3.05, 3.63) is 53.9 Å². The Hall–Kier alpha value is -1.96. The van der Waals surface area contributed by atoms with E-state index in [9.17, 15) is 0 Å². The summed E-state index contributed by atoms with van der Waals surface area (Å²) in [5.41, 5.74) is 4.10. The van der Waals surface area contributed by atoms with Gasteiger partial charge in [0.15, 0.2) is 0 Å². The SMILES string of the molecule is C/C=C/c1ccc(-c2ccc(C)cn2)nc1. The molecule has 2 heterocycles. The second-order valence-electron chi connectivity index (χ2n) is 3.70. The standard InChI is InChI=1S/C14H14N2/c1-3-4-12-6-8-14(16-10-12)13-7-5-11(2)9-15-13/h3-10H,1-2H3/b4-3+. The van der Waals surface area contributed by atoms with Crippen LogP contribution in [0.15, 0.2) is 42.7 Å². The van der Waals surface area contributed by atoms with E-state index in [0.29, 0.717) is 0 Å². The summed E-state index contributed by atoms with van der Waals surface area (Å²) >= 11 is 0. The molecule has 0 amide bonds. The van der Waals surface area contributed by atoms with Crippen LogP contribution in [-0.2, 0) is 0 Å². The first-order valence-electron chi connectivity index (χ1n) is 5.31. The van der Waals surface area contributed by atoms with Crippen LogP contribution >= 0.6 is 0 Å². The molecule has 0 aliphatic rings. The number of pyridine rings is 2. The lowest BCUT2D eigenvalue weighted by atomic mass is 10.2. The fourth-order valence-electron chi connectivity index (χ4n) is 1.47.